The highest BCUT2D eigenvalue weighted by Crippen LogP contribution is 2.30. The van der Waals surface area contributed by atoms with Crippen LogP contribution in [0.4, 0.5) is 5.69 Å². The third kappa shape index (κ3) is 2.61. The largest absolute Gasteiger partial charge is 0.318 e. The first-order chi connectivity index (χ1) is 8.49. The van der Waals surface area contributed by atoms with Crippen LogP contribution < -0.4 is 5.32 Å². The fourth-order valence-electron chi connectivity index (χ4n) is 1.40. The van der Waals surface area contributed by atoms with E-state index in [0.29, 0.717) is 15.7 Å². The van der Waals surface area contributed by atoms with Crippen LogP contribution in [-0.2, 0) is 7.05 Å². The predicted molar refractivity (Wildman–Crippen MR) is 72.6 cm³/mol. The van der Waals surface area contributed by atoms with Crippen molar-refractivity contribution in [3.05, 3.63) is 45.2 Å². The van der Waals surface area contributed by atoms with Crippen molar-refractivity contribution in [3.63, 3.8) is 0 Å². The highest BCUT2D eigenvalue weighted by molar-refractivity contribution is 6.40. The summed E-state index contributed by atoms with van der Waals surface area (Å²) in [5.74, 6) is -0.462. The summed E-state index contributed by atoms with van der Waals surface area (Å²) in [5.41, 5.74) is 0.461. The molecule has 1 heterocycles. The van der Waals surface area contributed by atoms with E-state index in [0.717, 1.165) is 0 Å². The van der Waals surface area contributed by atoms with E-state index in [1.807, 2.05) is 0 Å². The van der Waals surface area contributed by atoms with Crippen molar-refractivity contribution in [2.24, 2.45) is 7.05 Å². The lowest BCUT2D eigenvalue weighted by Gasteiger charge is -2.07. The molecule has 0 saturated heterocycles. The fraction of sp³-hybridized carbons (Fsp3) is 0.0909. The van der Waals surface area contributed by atoms with Crippen molar-refractivity contribution < 1.29 is 4.79 Å². The zero-order valence-electron chi connectivity index (χ0n) is 9.25. The van der Waals surface area contributed by atoms with Crippen LogP contribution in [-0.4, -0.2) is 15.7 Å². The Balaban J connectivity index is 2.30. The highest BCUT2D eigenvalue weighted by atomic mass is 35.5. The van der Waals surface area contributed by atoms with Gasteiger partial charge in [0.1, 0.15) is 0 Å². The second kappa shape index (κ2) is 5.18. The number of halogens is 3. The van der Waals surface area contributed by atoms with Gasteiger partial charge in [-0.3, -0.25) is 9.48 Å². The molecule has 1 N–H and O–H groups in total. The minimum absolute atomic E-state index is 0.121. The first kappa shape index (κ1) is 13.2. The Morgan fingerprint density at radius 1 is 1.22 bits per heavy atom. The van der Waals surface area contributed by atoms with Crippen molar-refractivity contribution in [2.45, 2.75) is 0 Å². The molecule has 0 fully saturated rings. The fourth-order valence-corrected chi connectivity index (χ4v) is 2.16. The van der Waals surface area contributed by atoms with Crippen LogP contribution in [0.15, 0.2) is 24.4 Å². The van der Waals surface area contributed by atoms with Gasteiger partial charge in [0.25, 0.3) is 5.91 Å². The van der Waals surface area contributed by atoms with Crippen LogP contribution in [0, 0.1) is 0 Å². The van der Waals surface area contributed by atoms with Crippen LogP contribution in [0.3, 0.4) is 0 Å². The van der Waals surface area contributed by atoms with E-state index in [9.17, 15) is 4.79 Å². The molecule has 94 valence electrons. The van der Waals surface area contributed by atoms with Crippen LogP contribution in [0.1, 0.15) is 10.5 Å². The van der Waals surface area contributed by atoms with E-state index in [1.54, 1.807) is 25.2 Å². The molecule has 2 rings (SSSR count). The Labute approximate surface area is 118 Å². The summed E-state index contributed by atoms with van der Waals surface area (Å²) in [6, 6.07) is 4.94. The van der Waals surface area contributed by atoms with Gasteiger partial charge in [-0.15, -0.1) is 0 Å². The number of aryl methyl sites for hydroxylation is 1. The van der Waals surface area contributed by atoms with E-state index < -0.39 is 5.91 Å². The number of anilines is 1. The topological polar surface area (TPSA) is 46.9 Å². The zero-order chi connectivity index (χ0) is 13.3. The number of carbonyl (C=O) groups excluding carboxylic acids is 1. The number of nitrogens with one attached hydrogen (secondary N) is 1. The first-order valence-corrected chi connectivity index (χ1v) is 6.07. The number of rotatable bonds is 2. The van der Waals surface area contributed by atoms with E-state index in [2.05, 4.69) is 10.4 Å². The van der Waals surface area contributed by atoms with Crippen molar-refractivity contribution in [1.82, 2.24) is 9.78 Å². The number of nitrogens with zero attached hydrogens (tertiary/aromatic N) is 2. The maximum atomic E-state index is 12.0. The third-order valence-electron chi connectivity index (χ3n) is 2.20. The smallest absolute Gasteiger partial charge is 0.277 e. The van der Waals surface area contributed by atoms with Gasteiger partial charge in [-0.05, 0) is 12.1 Å². The molecule has 0 saturated carbocycles. The molecule has 4 nitrogen and oxygen atoms in total. The van der Waals surface area contributed by atoms with Gasteiger partial charge in [-0.1, -0.05) is 40.9 Å². The first-order valence-electron chi connectivity index (χ1n) is 4.93. The lowest BCUT2D eigenvalue weighted by Crippen LogP contribution is -2.14. The van der Waals surface area contributed by atoms with Gasteiger partial charge in [-0.25, -0.2) is 0 Å². The van der Waals surface area contributed by atoms with Gasteiger partial charge in [-0.2, -0.15) is 5.10 Å². The summed E-state index contributed by atoms with van der Waals surface area (Å²) in [4.78, 5) is 12.0. The van der Waals surface area contributed by atoms with Crippen molar-refractivity contribution in [1.29, 1.82) is 0 Å². The van der Waals surface area contributed by atoms with Crippen molar-refractivity contribution in [3.8, 4) is 0 Å². The molecule has 0 radical (unpaired) electrons. The van der Waals surface area contributed by atoms with Gasteiger partial charge in [0, 0.05) is 13.2 Å². The molecule has 0 bridgehead atoms. The Morgan fingerprint density at radius 2 is 1.83 bits per heavy atom. The van der Waals surface area contributed by atoms with Gasteiger partial charge in [0.15, 0.2) is 5.69 Å². The second-order valence-electron chi connectivity index (χ2n) is 3.55. The molecular formula is C11H8Cl3N3O. The quantitative estimate of drug-likeness (QED) is 0.921. The zero-order valence-corrected chi connectivity index (χ0v) is 11.5. The molecule has 0 aliphatic carbocycles. The average molecular weight is 305 g/mol. The molecule has 7 heteroatoms. The second-order valence-corrected chi connectivity index (χ2v) is 4.77. The molecule has 18 heavy (non-hydrogen) atoms. The number of hydrogen-bond acceptors (Lipinski definition) is 2. The molecule has 0 unspecified atom stereocenters. The van der Waals surface area contributed by atoms with Gasteiger partial charge >= 0.3 is 0 Å². The average Bonchev–Trinajstić information content (AvgIpc) is 2.63. The molecule has 0 aliphatic heterocycles. The summed E-state index contributed by atoms with van der Waals surface area (Å²) in [6.45, 7) is 0. The van der Waals surface area contributed by atoms with Crippen LogP contribution >= 0.6 is 34.8 Å². The van der Waals surface area contributed by atoms with E-state index in [1.165, 1.54) is 10.9 Å². The number of amides is 1. The Bertz CT molecular complexity index is 589. The maximum Gasteiger partial charge on any atom is 0.277 e. The molecule has 1 aromatic heterocycles. The SMILES string of the molecule is Cn1cc(Cl)c(C(=O)Nc2c(Cl)cccc2Cl)n1. The van der Waals surface area contributed by atoms with E-state index >= 15 is 0 Å². The lowest BCUT2D eigenvalue weighted by atomic mass is 10.3. The molecule has 1 amide bonds. The molecule has 0 spiro atoms. The third-order valence-corrected chi connectivity index (χ3v) is 3.11. The summed E-state index contributed by atoms with van der Waals surface area (Å²) < 4.78 is 1.45. The van der Waals surface area contributed by atoms with E-state index in [-0.39, 0.29) is 10.7 Å². The normalized spacial score (nSPS) is 10.4. The maximum absolute atomic E-state index is 12.0. The Hall–Kier alpha value is -1.23. The summed E-state index contributed by atoms with van der Waals surface area (Å²) >= 11 is 17.8. The van der Waals surface area contributed by atoms with Crippen LogP contribution in [0.25, 0.3) is 0 Å². The predicted octanol–water partition coefficient (Wildman–Crippen LogP) is 3.63. The standard InChI is InChI=1S/C11H8Cl3N3O/c1-17-5-8(14)10(16-17)11(18)15-9-6(12)3-2-4-7(9)13/h2-5H,1H3,(H,15,18). The van der Waals surface area contributed by atoms with Crippen molar-refractivity contribution >= 4 is 46.4 Å². The number of aromatic nitrogens is 2. The number of benzene rings is 1. The monoisotopic (exact) mass is 303 g/mol. The minimum Gasteiger partial charge on any atom is -0.318 e. The lowest BCUT2D eigenvalue weighted by molar-refractivity contribution is 0.102. The number of hydrogen-bond donors (Lipinski definition) is 1. The van der Waals surface area contributed by atoms with Crippen molar-refractivity contribution in [2.75, 3.05) is 5.32 Å². The molecule has 2 aromatic rings. The minimum atomic E-state index is -0.462. The summed E-state index contributed by atoms with van der Waals surface area (Å²) in [6.07, 6.45) is 1.53. The Morgan fingerprint density at radius 3 is 2.33 bits per heavy atom. The number of para-hydroxylation sites is 1. The van der Waals surface area contributed by atoms with Gasteiger partial charge < -0.3 is 5.32 Å². The van der Waals surface area contributed by atoms with Crippen LogP contribution in [0.2, 0.25) is 15.1 Å². The van der Waals surface area contributed by atoms with Crippen LogP contribution in [0.5, 0.6) is 0 Å². The molecule has 0 atom stereocenters. The Kier molecular flexibility index (Phi) is 3.80. The van der Waals surface area contributed by atoms with Gasteiger partial charge in [0.2, 0.25) is 0 Å². The summed E-state index contributed by atoms with van der Waals surface area (Å²) in [5, 5.41) is 7.50. The van der Waals surface area contributed by atoms with Gasteiger partial charge in [0.05, 0.1) is 20.8 Å². The molecule has 1 aromatic carbocycles. The summed E-state index contributed by atoms with van der Waals surface area (Å²) in [7, 11) is 1.67. The van der Waals surface area contributed by atoms with E-state index in [4.69, 9.17) is 34.8 Å². The highest BCUT2D eigenvalue weighted by Gasteiger charge is 2.17. The molecular weight excluding hydrogens is 296 g/mol. The molecule has 0 aliphatic rings. The number of carbonyl (C=O) groups is 1.